The number of nitrogens with zero attached hydrogens (tertiary/aromatic N) is 3. The number of alkyl carbamates (subject to hydrolysis) is 1. The number of methoxy groups -OCH3 is 1. The van der Waals surface area contributed by atoms with E-state index in [0.717, 1.165) is 0 Å². The molecule has 0 unspecified atom stereocenters. The van der Waals surface area contributed by atoms with Crippen molar-refractivity contribution in [1.29, 1.82) is 0 Å². The molecule has 2 aromatic heterocycles. The summed E-state index contributed by atoms with van der Waals surface area (Å²) in [4.78, 5) is 57.9. The fourth-order valence-corrected chi connectivity index (χ4v) is 2.45. The Kier molecular flexibility index (Phi) is 6.56. The summed E-state index contributed by atoms with van der Waals surface area (Å²) >= 11 is 0. The maximum absolute atomic E-state index is 12.1. The normalized spacial score (nSPS) is 12.3. The van der Waals surface area contributed by atoms with Crippen molar-refractivity contribution in [2.45, 2.75) is 52.3 Å². The van der Waals surface area contributed by atoms with Gasteiger partial charge < -0.3 is 19.4 Å². The summed E-state index contributed by atoms with van der Waals surface area (Å²) in [6.45, 7) is 6.57. The number of aryl methyl sites for hydroxylation is 1. The molecule has 0 aromatic carbocycles. The third kappa shape index (κ3) is 6.02. The van der Waals surface area contributed by atoms with Crippen LogP contribution in [0.2, 0.25) is 0 Å². The van der Waals surface area contributed by atoms with Crippen molar-refractivity contribution in [3.63, 3.8) is 0 Å². The van der Waals surface area contributed by atoms with Gasteiger partial charge in [0.25, 0.3) is 5.56 Å². The molecule has 2 rings (SSSR count). The number of carbonyl (C=O) groups is 3. The quantitative estimate of drug-likeness (QED) is 0.584. The van der Waals surface area contributed by atoms with E-state index < -0.39 is 35.2 Å². The first kappa shape index (κ1) is 21.9. The molecule has 1 atom stereocenters. The van der Waals surface area contributed by atoms with Gasteiger partial charge in [-0.1, -0.05) is 0 Å². The number of hydrogen-bond donors (Lipinski definition) is 3. The molecular weight excluding hydrogens is 384 g/mol. The number of nitrogens with one attached hydrogen (secondary N) is 3. The zero-order valence-corrected chi connectivity index (χ0v) is 16.9. The van der Waals surface area contributed by atoms with Gasteiger partial charge in [-0.3, -0.25) is 19.9 Å². The molecule has 0 fully saturated rings. The maximum Gasteiger partial charge on any atom is 0.408 e. The summed E-state index contributed by atoms with van der Waals surface area (Å²) in [7, 11) is 1.21. The van der Waals surface area contributed by atoms with E-state index in [1.807, 2.05) is 0 Å². The third-order valence-electron chi connectivity index (χ3n) is 3.60. The number of aromatic amines is 1. The molecule has 0 bridgehead atoms. The van der Waals surface area contributed by atoms with E-state index in [2.05, 4.69) is 25.6 Å². The Morgan fingerprint density at radius 1 is 1.31 bits per heavy atom. The number of carbonyl (C=O) groups excluding carboxylic acids is 3. The van der Waals surface area contributed by atoms with Crippen LogP contribution in [0.25, 0.3) is 11.2 Å². The highest BCUT2D eigenvalue weighted by atomic mass is 16.6. The highest BCUT2D eigenvalue weighted by Crippen LogP contribution is 2.11. The van der Waals surface area contributed by atoms with E-state index in [1.165, 1.54) is 24.9 Å². The number of H-pyrrole nitrogens is 1. The molecule has 0 saturated carbocycles. The fourth-order valence-electron chi connectivity index (χ4n) is 2.45. The molecule has 0 radical (unpaired) electrons. The monoisotopic (exact) mass is 408 g/mol. The molecular formula is C17H24N6O6. The zero-order valence-electron chi connectivity index (χ0n) is 16.9. The lowest BCUT2D eigenvalue weighted by molar-refractivity contribution is -0.143. The molecule has 12 heteroatoms. The number of aromatic nitrogens is 4. The first-order chi connectivity index (χ1) is 13.5. The van der Waals surface area contributed by atoms with Gasteiger partial charge in [-0.25, -0.2) is 14.6 Å². The Hall–Kier alpha value is -3.44. The zero-order chi connectivity index (χ0) is 21.8. The maximum atomic E-state index is 12.1. The van der Waals surface area contributed by atoms with Crippen LogP contribution in [0.5, 0.6) is 0 Å². The Morgan fingerprint density at radius 2 is 2.00 bits per heavy atom. The standard InChI is InChI=1S/C17H24N6O6/c1-9(24)19-15-21-12-11(13(25)22-15)18-8-23(12)7-6-10(14(26)28-5)20-16(27)29-17(2,3)4/h8,10H,6-7H2,1-5H3,(H,20,27)(H2,19,21,22,24,25)/t10-/m0/s1. The van der Waals surface area contributed by atoms with Gasteiger partial charge in [0.05, 0.1) is 13.4 Å². The highest BCUT2D eigenvalue weighted by Gasteiger charge is 2.25. The molecule has 0 aliphatic rings. The molecule has 2 aromatic rings. The van der Waals surface area contributed by atoms with Gasteiger partial charge in [-0.05, 0) is 27.2 Å². The van der Waals surface area contributed by atoms with Gasteiger partial charge in [-0.15, -0.1) is 0 Å². The number of imidazole rings is 1. The van der Waals surface area contributed by atoms with Crippen LogP contribution in [0.3, 0.4) is 0 Å². The van der Waals surface area contributed by atoms with E-state index in [0.29, 0.717) is 0 Å². The largest absolute Gasteiger partial charge is 0.467 e. The van der Waals surface area contributed by atoms with E-state index in [9.17, 15) is 19.2 Å². The van der Waals surface area contributed by atoms with Gasteiger partial charge in [0.2, 0.25) is 11.9 Å². The second-order valence-electron chi connectivity index (χ2n) is 7.22. The molecule has 29 heavy (non-hydrogen) atoms. The second-order valence-corrected chi connectivity index (χ2v) is 7.22. The van der Waals surface area contributed by atoms with Crippen molar-refractivity contribution in [2.75, 3.05) is 12.4 Å². The van der Waals surface area contributed by atoms with Crippen LogP contribution in [-0.4, -0.2) is 56.2 Å². The van der Waals surface area contributed by atoms with Crippen molar-refractivity contribution in [3.8, 4) is 0 Å². The van der Waals surface area contributed by atoms with Crippen LogP contribution < -0.4 is 16.2 Å². The lowest BCUT2D eigenvalue weighted by atomic mass is 10.2. The average molecular weight is 408 g/mol. The lowest BCUT2D eigenvalue weighted by Crippen LogP contribution is -2.44. The Labute approximate surface area is 166 Å². The molecule has 158 valence electrons. The van der Waals surface area contributed by atoms with Crippen LogP contribution in [0.4, 0.5) is 10.7 Å². The summed E-state index contributed by atoms with van der Waals surface area (Å²) in [5.41, 5.74) is -0.947. The Bertz CT molecular complexity index is 973. The van der Waals surface area contributed by atoms with E-state index in [-0.39, 0.29) is 30.1 Å². The Balaban J connectivity index is 2.20. The first-order valence-corrected chi connectivity index (χ1v) is 8.80. The Morgan fingerprint density at radius 3 is 2.59 bits per heavy atom. The van der Waals surface area contributed by atoms with Crippen molar-refractivity contribution in [2.24, 2.45) is 0 Å². The van der Waals surface area contributed by atoms with Crippen LogP contribution in [-0.2, 0) is 25.6 Å². The average Bonchev–Trinajstić information content (AvgIpc) is 2.99. The summed E-state index contributed by atoms with van der Waals surface area (Å²) in [5.74, 6) is -1.07. The van der Waals surface area contributed by atoms with Gasteiger partial charge in [0.1, 0.15) is 11.6 Å². The van der Waals surface area contributed by atoms with Gasteiger partial charge in [0, 0.05) is 13.5 Å². The van der Waals surface area contributed by atoms with E-state index in [4.69, 9.17) is 9.47 Å². The first-order valence-electron chi connectivity index (χ1n) is 8.80. The van der Waals surface area contributed by atoms with Crippen LogP contribution >= 0.6 is 0 Å². The summed E-state index contributed by atoms with van der Waals surface area (Å²) in [5, 5.41) is 4.87. The number of ether oxygens (including phenoxy) is 2. The van der Waals surface area contributed by atoms with E-state index >= 15 is 0 Å². The summed E-state index contributed by atoms with van der Waals surface area (Å²) in [6, 6.07) is -0.982. The molecule has 2 heterocycles. The molecule has 0 aliphatic carbocycles. The number of hydrogen-bond acceptors (Lipinski definition) is 8. The third-order valence-corrected chi connectivity index (χ3v) is 3.60. The van der Waals surface area contributed by atoms with Crippen molar-refractivity contribution >= 4 is 35.1 Å². The van der Waals surface area contributed by atoms with Crippen molar-refractivity contribution in [1.82, 2.24) is 24.8 Å². The lowest BCUT2D eigenvalue weighted by Gasteiger charge is -2.22. The molecule has 0 spiro atoms. The van der Waals surface area contributed by atoms with Crippen LogP contribution in [0.15, 0.2) is 11.1 Å². The minimum absolute atomic E-state index is 0.0202. The van der Waals surface area contributed by atoms with Gasteiger partial charge in [-0.2, -0.15) is 4.98 Å². The topological polar surface area (TPSA) is 157 Å². The number of anilines is 1. The SMILES string of the molecule is COC(=O)[C@H](CCn1cnc2c(=O)[nH]c(NC(C)=O)nc21)NC(=O)OC(C)(C)C. The smallest absolute Gasteiger partial charge is 0.408 e. The predicted octanol–water partition coefficient (Wildman–Crippen LogP) is 0.534. The highest BCUT2D eigenvalue weighted by molar-refractivity contribution is 5.87. The minimum atomic E-state index is -0.982. The minimum Gasteiger partial charge on any atom is -0.467 e. The number of esters is 1. The molecule has 12 nitrogen and oxygen atoms in total. The predicted molar refractivity (Wildman–Crippen MR) is 102 cm³/mol. The fraction of sp³-hybridized carbons (Fsp3) is 0.529. The summed E-state index contributed by atoms with van der Waals surface area (Å²) in [6.07, 6.45) is 0.749. The number of fused-ring (bicyclic) bond motifs is 1. The van der Waals surface area contributed by atoms with Gasteiger partial charge >= 0.3 is 12.1 Å². The van der Waals surface area contributed by atoms with Crippen molar-refractivity contribution in [3.05, 3.63) is 16.7 Å². The molecule has 0 aliphatic heterocycles. The van der Waals surface area contributed by atoms with Crippen molar-refractivity contribution < 1.29 is 23.9 Å². The molecule has 3 N–H and O–H groups in total. The van der Waals surface area contributed by atoms with E-state index in [1.54, 1.807) is 20.8 Å². The molecule has 0 saturated heterocycles. The van der Waals surface area contributed by atoms with Crippen LogP contribution in [0.1, 0.15) is 34.1 Å². The number of rotatable bonds is 6. The van der Waals surface area contributed by atoms with Gasteiger partial charge in [0.15, 0.2) is 11.2 Å². The second kappa shape index (κ2) is 8.71. The van der Waals surface area contributed by atoms with Crippen LogP contribution in [0, 0.1) is 0 Å². The molecule has 2 amide bonds. The number of amides is 2. The summed E-state index contributed by atoms with van der Waals surface area (Å²) < 4.78 is 11.4.